The first-order valence-electron chi connectivity index (χ1n) is 10.0. The summed E-state index contributed by atoms with van der Waals surface area (Å²) in [5.74, 6) is 1.23. The van der Waals surface area contributed by atoms with Gasteiger partial charge < -0.3 is 18.8 Å². The first kappa shape index (κ1) is 22.0. The molecule has 2 aromatic carbocycles. The van der Waals surface area contributed by atoms with Crippen molar-refractivity contribution in [1.29, 1.82) is 0 Å². The Morgan fingerprint density at radius 2 is 1.87 bits per heavy atom. The van der Waals surface area contributed by atoms with Crippen molar-refractivity contribution in [1.82, 2.24) is 10.1 Å². The number of hydrogen-bond acceptors (Lipinski definition) is 8. The Morgan fingerprint density at radius 3 is 2.58 bits per heavy atom. The SMILES string of the molecule is CCCON=C(CC(=O)OC)Cc1ccc(OCc2nc(-c3ccccc3)no2)cc1. The van der Waals surface area contributed by atoms with Crippen molar-refractivity contribution < 1.29 is 23.6 Å². The Morgan fingerprint density at radius 1 is 1.10 bits per heavy atom. The summed E-state index contributed by atoms with van der Waals surface area (Å²) in [5.41, 5.74) is 2.46. The summed E-state index contributed by atoms with van der Waals surface area (Å²) in [5, 5.41) is 8.06. The number of ether oxygens (including phenoxy) is 2. The van der Waals surface area contributed by atoms with E-state index in [1.807, 2.05) is 61.5 Å². The van der Waals surface area contributed by atoms with Crippen LogP contribution < -0.4 is 4.74 Å². The Bertz CT molecular complexity index is 984. The van der Waals surface area contributed by atoms with Gasteiger partial charge in [0.15, 0.2) is 6.61 Å². The topological polar surface area (TPSA) is 96.0 Å². The van der Waals surface area contributed by atoms with Crippen molar-refractivity contribution in [3.8, 4) is 17.1 Å². The first-order valence-corrected chi connectivity index (χ1v) is 10.0. The molecule has 0 saturated heterocycles. The maximum absolute atomic E-state index is 11.6. The lowest BCUT2D eigenvalue weighted by Crippen LogP contribution is -2.13. The Kier molecular flexibility index (Phi) is 8.16. The molecule has 3 aromatic rings. The van der Waals surface area contributed by atoms with E-state index >= 15 is 0 Å². The van der Waals surface area contributed by atoms with Gasteiger partial charge in [-0.3, -0.25) is 4.79 Å². The smallest absolute Gasteiger partial charge is 0.311 e. The molecule has 0 bridgehead atoms. The van der Waals surface area contributed by atoms with Crippen LogP contribution >= 0.6 is 0 Å². The van der Waals surface area contributed by atoms with E-state index < -0.39 is 0 Å². The molecule has 0 aliphatic rings. The number of hydrogen-bond donors (Lipinski definition) is 0. The highest BCUT2D eigenvalue weighted by atomic mass is 16.6. The number of oxime groups is 1. The minimum Gasteiger partial charge on any atom is -0.484 e. The molecule has 0 aliphatic heterocycles. The second-order valence-corrected chi connectivity index (χ2v) is 6.73. The van der Waals surface area contributed by atoms with E-state index in [4.69, 9.17) is 18.8 Å². The lowest BCUT2D eigenvalue weighted by Gasteiger charge is -2.08. The molecule has 1 heterocycles. The summed E-state index contributed by atoms with van der Waals surface area (Å²) in [6.45, 7) is 2.66. The zero-order valence-corrected chi connectivity index (χ0v) is 17.6. The van der Waals surface area contributed by atoms with Gasteiger partial charge in [0.05, 0.1) is 19.2 Å². The lowest BCUT2D eigenvalue weighted by molar-refractivity contribution is -0.139. The van der Waals surface area contributed by atoms with E-state index in [2.05, 4.69) is 15.3 Å². The summed E-state index contributed by atoms with van der Waals surface area (Å²) in [6.07, 6.45) is 1.40. The Labute approximate surface area is 180 Å². The highest BCUT2D eigenvalue weighted by Gasteiger charge is 2.11. The van der Waals surface area contributed by atoms with Gasteiger partial charge in [-0.25, -0.2) is 0 Å². The number of benzene rings is 2. The van der Waals surface area contributed by atoms with Gasteiger partial charge >= 0.3 is 5.97 Å². The molecule has 31 heavy (non-hydrogen) atoms. The van der Waals surface area contributed by atoms with Crippen LogP contribution in [0.3, 0.4) is 0 Å². The summed E-state index contributed by atoms with van der Waals surface area (Å²) in [4.78, 5) is 21.2. The molecule has 8 nitrogen and oxygen atoms in total. The van der Waals surface area contributed by atoms with Gasteiger partial charge in [0.25, 0.3) is 5.89 Å². The van der Waals surface area contributed by atoms with Crippen LogP contribution in [0.2, 0.25) is 0 Å². The van der Waals surface area contributed by atoms with E-state index in [-0.39, 0.29) is 19.0 Å². The molecule has 0 unspecified atom stereocenters. The van der Waals surface area contributed by atoms with E-state index in [9.17, 15) is 4.79 Å². The summed E-state index contributed by atoms with van der Waals surface area (Å²) in [6, 6.07) is 17.1. The van der Waals surface area contributed by atoms with Crippen molar-refractivity contribution in [3.63, 3.8) is 0 Å². The average Bonchev–Trinajstić information content (AvgIpc) is 3.28. The molecule has 0 atom stereocenters. The number of carbonyl (C=O) groups excluding carboxylic acids is 1. The molecule has 0 fully saturated rings. The Hall–Kier alpha value is -3.68. The second-order valence-electron chi connectivity index (χ2n) is 6.73. The predicted octanol–water partition coefficient (Wildman–Crippen LogP) is 4.20. The summed E-state index contributed by atoms with van der Waals surface area (Å²) < 4.78 is 15.7. The molecule has 162 valence electrons. The molecule has 0 N–H and O–H groups in total. The van der Waals surface area contributed by atoms with Crippen LogP contribution in [0, 0.1) is 0 Å². The number of aromatic nitrogens is 2. The van der Waals surface area contributed by atoms with Crippen molar-refractivity contribution in [2.24, 2.45) is 5.16 Å². The van der Waals surface area contributed by atoms with Gasteiger partial charge in [0, 0.05) is 12.0 Å². The number of methoxy groups -OCH3 is 1. The van der Waals surface area contributed by atoms with Gasteiger partial charge in [-0.2, -0.15) is 4.98 Å². The van der Waals surface area contributed by atoms with Crippen LogP contribution in [0.1, 0.15) is 31.2 Å². The van der Waals surface area contributed by atoms with Gasteiger partial charge in [0.2, 0.25) is 5.82 Å². The molecule has 0 saturated carbocycles. The minimum absolute atomic E-state index is 0.0827. The van der Waals surface area contributed by atoms with E-state index in [1.54, 1.807) is 0 Å². The zero-order valence-electron chi connectivity index (χ0n) is 17.6. The molecule has 0 amide bonds. The van der Waals surface area contributed by atoms with Crippen LogP contribution in [0.4, 0.5) is 0 Å². The summed E-state index contributed by atoms with van der Waals surface area (Å²) in [7, 11) is 1.35. The fourth-order valence-electron chi connectivity index (χ4n) is 2.70. The lowest BCUT2D eigenvalue weighted by atomic mass is 10.1. The normalized spacial score (nSPS) is 11.2. The molecule has 0 radical (unpaired) electrons. The predicted molar refractivity (Wildman–Crippen MR) is 115 cm³/mol. The van der Waals surface area contributed by atoms with E-state index in [0.717, 1.165) is 17.5 Å². The third-order valence-corrected chi connectivity index (χ3v) is 4.26. The second kappa shape index (κ2) is 11.5. The number of rotatable bonds is 11. The molecule has 0 spiro atoms. The van der Waals surface area contributed by atoms with Gasteiger partial charge in [-0.15, -0.1) is 0 Å². The van der Waals surface area contributed by atoms with Crippen LogP contribution in [0.5, 0.6) is 5.75 Å². The largest absolute Gasteiger partial charge is 0.484 e. The number of esters is 1. The number of carbonyl (C=O) groups is 1. The monoisotopic (exact) mass is 423 g/mol. The van der Waals surface area contributed by atoms with Gasteiger partial charge in [-0.05, 0) is 24.1 Å². The van der Waals surface area contributed by atoms with Crippen molar-refractivity contribution in [2.45, 2.75) is 32.8 Å². The first-order chi connectivity index (χ1) is 15.2. The zero-order chi connectivity index (χ0) is 21.9. The highest BCUT2D eigenvalue weighted by molar-refractivity contribution is 5.99. The molecule has 0 aliphatic carbocycles. The van der Waals surface area contributed by atoms with E-state index in [1.165, 1.54) is 7.11 Å². The fourth-order valence-corrected chi connectivity index (χ4v) is 2.70. The Balaban J connectivity index is 1.56. The molecule has 8 heteroatoms. The molecular weight excluding hydrogens is 398 g/mol. The maximum atomic E-state index is 11.6. The summed E-state index contributed by atoms with van der Waals surface area (Å²) >= 11 is 0. The highest BCUT2D eigenvalue weighted by Crippen LogP contribution is 2.18. The van der Waals surface area contributed by atoms with E-state index in [0.29, 0.717) is 36.2 Å². The van der Waals surface area contributed by atoms with Gasteiger partial charge in [0.1, 0.15) is 12.4 Å². The van der Waals surface area contributed by atoms with Crippen LogP contribution in [-0.4, -0.2) is 35.5 Å². The number of nitrogens with zero attached hydrogens (tertiary/aromatic N) is 3. The average molecular weight is 423 g/mol. The van der Waals surface area contributed by atoms with Crippen molar-refractivity contribution in [3.05, 3.63) is 66.1 Å². The quantitative estimate of drug-likeness (QED) is 0.197. The van der Waals surface area contributed by atoms with Crippen LogP contribution in [0.15, 0.2) is 64.3 Å². The third kappa shape index (κ3) is 6.95. The minimum atomic E-state index is -0.353. The molecule has 1 aromatic heterocycles. The maximum Gasteiger partial charge on any atom is 0.311 e. The van der Waals surface area contributed by atoms with Crippen molar-refractivity contribution >= 4 is 11.7 Å². The third-order valence-electron chi connectivity index (χ3n) is 4.26. The van der Waals surface area contributed by atoms with Gasteiger partial charge in [-0.1, -0.05) is 59.7 Å². The fraction of sp³-hybridized carbons (Fsp3) is 0.304. The van der Waals surface area contributed by atoms with Crippen molar-refractivity contribution in [2.75, 3.05) is 13.7 Å². The molecular formula is C23H25N3O5. The standard InChI is InChI=1S/C23H25N3O5/c1-3-13-30-25-19(15-22(27)28-2)14-17-9-11-20(12-10-17)29-16-21-24-23(26-31-21)18-7-5-4-6-8-18/h4-12H,3,13-16H2,1-2H3. The van der Waals surface area contributed by atoms with Crippen LogP contribution in [-0.2, 0) is 27.4 Å². The van der Waals surface area contributed by atoms with Crippen LogP contribution in [0.25, 0.3) is 11.4 Å². The molecule has 3 rings (SSSR count).